The standard InChI is InChI=1S/C16H21ClFN/c17-12-13-3-4-15(14(18)11-13)19-9-7-16(8-10-19)5-1-2-6-16/h3-4,11H,1-2,5-10,12H2. The van der Waals surface area contributed by atoms with Gasteiger partial charge in [-0.05, 0) is 48.8 Å². The molecule has 1 heterocycles. The minimum Gasteiger partial charge on any atom is -0.369 e. The number of nitrogens with zero attached hydrogens (tertiary/aromatic N) is 1. The second-order valence-corrected chi connectivity index (χ2v) is 6.38. The second kappa shape index (κ2) is 5.32. The van der Waals surface area contributed by atoms with E-state index in [2.05, 4.69) is 4.90 Å². The monoisotopic (exact) mass is 281 g/mol. The van der Waals surface area contributed by atoms with E-state index in [0.717, 1.165) is 24.3 Å². The quantitative estimate of drug-likeness (QED) is 0.709. The molecule has 1 aromatic carbocycles. The minimum absolute atomic E-state index is 0.125. The molecule has 1 nitrogen and oxygen atoms in total. The first-order valence-electron chi connectivity index (χ1n) is 7.32. The zero-order chi connectivity index (χ0) is 13.3. The molecule has 2 fully saturated rings. The van der Waals surface area contributed by atoms with E-state index in [1.54, 1.807) is 6.07 Å². The predicted octanol–water partition coefficient (Wildman–Crippen LogP) is 4.73. The number of benzene rings is 1. The van der Waals surface area contributed by atoms with Crippen LogP contribution in [0.3, 0.4) is 0 Å². The number of alkyl halides is 1. The third-order valence-corrected chi connectivity index (χ3v) is 5.30. The molecular formula is C16H21ClFN. The summed E-state index contributed by atoms with van der Waals surface area (Å²) in [5.41, 5.74) is 2.19. The van der Waals surface area contributed by atoms with Gasteiger partial charge in [-0.25, -0.2) is 4.39 Å². The van der Waals surface area contributed by atoms with E-state index in [-0.39, 0.29) is 5.82 Å². The third kappa shape index (κ3) is 2.60. The Kier molecular flexibility index (Phi) is 3.70. The maximum Gasteiger partial charge on any atom is 0.146 e. The van der Waals surface area contributed by atoms with Crippen LogP contribution >= 0.6 is 11.6 Å². The van der Waals surface area contributed by atoms with Crippen LogP contribution in [0.1, 0.15) is 44.1 Å². The normalized spacial score (nSPS) is 22.1. The number of hydrogen-bond acceptors (Lipinski definition) is 1. The third-order valence-electron chi connectivity index (χ3n) is 5.00. The van der Waals surface area contributed by atoms with Crippen molar-refractivity contribution >= 4 is 17.3 Å². The van der Waals surface area contributed by atoms with Gasteiger partial charge in [0.1, 0.15) is 5.82 Å². The van der Waals surface area contributed by atoms with Gasteiger partial charge >= 0.3 is 0 Å². The Morgan fingerprint density at radius 3 is 2.37 bits per heavy atom. The molecule has 1 saturated carbocycles. The van der Waals surface area contributed by atoms with E-state index in [4.69, 9.17) is 11.6 Å². The van der Waals surface area contributed by atoms with Gasteiger partial charge in [-0.15, -0.1) is 11.6 Å². The minimum atomic E-state index is -0.125. The van der Waals surface area contributed by atoms with Gasteiger partial charge in [-0.2, -0.15) is 0 Å². The lowest BCUT2D eigenvalue weighted by molar-refractivity contribution is 0.226. The summed E-state index contributed by atoms with van der Waals surface area (Å²) in [7, 11) is 0. The van der Waals surface area contributed by atoms with Crippen molar-refractivity contribution in [3.63, 3.8) is 0 Å². The summed E-state index contributed by atoms with van der Waals surface area (Å²) < 4.78 is 14.1. The van der Waals surface area contributed by atoms with Crippen molar-refractivity contribution in [2.45, 2.75) is 44.4 Å². The van der Waals surface area contributed by atoms with Gasteiger partial charge in [-0.1, -0.05) is 18.9 Å². The zero-order valence-electron chi connectivity index (χ0n) is 11.3. The van der Waals surface area contributed by atoms with E-state index in [1.807, 2.05) is 12.1 Å². The van der Waals surface area contributed by atoms with Crippen molar-refractivity contribution in [2.75, 3.05) is 18.0 Å². The fraction of sp³-hybridized carbons (Fsp3) is 0.625. The summed E-state index contributed by atoms with van der Waals surface area (Å²) in [5, 5.41) is 0. The molecule has 19 heavy (non-hydrogen) atoms. The van der Waals surface area contributed by atoms with Crippen molar-refractivity contribution in [1.82, 2.24) is 0 Å². The van der Waals surface area contributed by atoms with Gasteiger partial charge in [0.15, 0.2) is 0 Å². The van der Waals surface area contributed by atoms with Gasteiger partial charge in [-0.3, -0.25) is 0 Å². The Morgan fingerprint density at radius 2 is 1.79 bits per heavy atom. The summed E-state index contributed by atoms with van der Waals surface area (Å²) in [6.07, 6.45) is 7.99. The lowest BCUT2D eigenvalue weighted by Crippen LogP contribution is -2.39. The molecule has 3 heteroatoms. The molecule has 2 aliphatic rings. The topological polar surface area (TPSA) is 3.24 Å². The molecule has 0 unspecified atom stereocenters. The van der Waals surface area contributed by atoms with Gasteiger partial charge in [0.25, 0.3) is 0 Å². The van der Waals surface area contributed by atoms with E-state index in [0.29, 0.717) is 11.3 Å². The number of hydrogen-bond donors (Lipinski definition) is 0. The number of piperidine rings is 1. The lowest BCUT2D eigenvalue weighted by atomic mass is 9.77. The summed E-state index contributed by atoms with van der Waals surface area (Å²) in [4.78, 5) is 2.21. The number of anilines is 1. The molecule has 1 aliphatic heterocycles. The van der Waals surface area contributed by atoms with Crippen LogP contribution in [0.15, 0.2) is 18.2 Å². The molecule has 0 aromatic heterocycles. The highest BCUT2D eigenvalue weighted by Gasteiger charge is 2.37. The van der Waals surface area contributed by atoms with Crippen molar-refractivity contribution in [3.8, 4) is 0 Å². The number of halogens is 2. The molecule has 0 radical (unpaired) electrons. The van der Waals surface area contributed by atoms with E-state index in [9.17, 15) is 4.39 Å². The molecule has 0 N–H and O–H groups in total. The Morgan fingerprint density at radius 1 is 1.11 bits per heavy atom. The van der Waals surface area contributed by atoms with Gasteiger partial charge in [0.2, 0.25) is 0 Å². The van der Waals surface area contributed by atoms with Crippen LogP contribution in [0.2, 0.25) is 0 Å². The van der Waals surface area contributed by atoms with Crippen LogP contribution in [0.25, 0.3) is 0 Å². The van der Waals surface area contributed by atoms with E-state index in [1.165, 1.54) is 38.5 Å². The lowest BCUT2D eigenvalue weighted by Gasteiger charge is -2.40. The first kappa shape index (κ1) is 13.2. The van der Waals surface area contributed by atoms with Gasteiger partial charge < -0.3 is 4.90 Å². The highest BCUT2D eigenvalue weighted by molar-refractivity contribution is 6.17. The largest absolute Gasteiger partial charge is 0.369 e. The van der Waals surface area contributed by atoms with Crippen LogP contribution in [-0.2, 0) is 5.88 Å². The number of rotatable bonds is 2. The van der Waals surface area contributed by atoms with Gasteiger partial charge in [0, 0.05) is 19.0 Å². The molecular weight excluding hydrogens is 261 g/mol. The molecule has 3 rings (SSSR count). The van der Waals surface area contributed by atoms with Crippen LogP contribution in [0.4, 0.5) is 10.1 Å². The molecule has 1 saturated heterocycles. The van der Waals surface area contributed by atoms with Crippen LogP contribution in [0.5, 0.6) is 0 Å². The maximum absolute atomic E-state index is 14.1. The molecule has 1 aliphatic carbocycles. The fourth-order valence-corrected chi connectivity index (χ4v) is 3.90. The van der Waals surface area contributed by atoms with Crippen molar-refractivity contribution < 1.29 is 4.39 Å². The first-order chi connectivity index (χ1) is 9.22. The Hall–Kier alpha value is -0.760. The smallest absolute Gasteiger partial charge is 0.146 e. The van der Waals surface area contributed by atoms with Crippen molar-refractivity contribution in [1.29, 1.82) is 0 Å². The van der Waals surface area contributed by atoms with E-state index < -0.39 is 0 Å². The average molecular weight is 282 g/mol. The van der Waals surface area contributed by atoms with Crippen molar-refractivity contribution in [2.24, 2.45) is 5.41 Å². The van der Waals surface area contributed by atoms with Crippen LogP contribution < -0.4 is 4.90 Å². The fourth-order valence-electron chi connectivity index (χ4n) is 3.74. The average Bonchev–Trinajstić information content (AvgIpc) is 2.88. The summed E-state index contributed by atoms with van der Waals surface area (Å²) >= 11 is 5.74. The second-order valence-electron chi connectivity index (χ2n) is 6.11. The van der Waals surface area contributed by atoms with Crippen LogP contribution in [-0.4, -0.2) is 13.1 Å². The molecule has 0 amide bonds. The predicted molar refractivity (Wildman–Crippen MR) is 78.3 cm³/mol. The van der Waals surface area contributed by atoms with Gasteiger partial charge in [0.05, 0.1) is 5.69 Å². The highest BCUT2D eigenvalue weighted by atomic mass is 35.5. The summed E-state index contributed by atoms with van der Waals surface area (Å²) in [6, 6.07) is 5.40. The van der Waals surface area contributed by atoms with Crippen molar-refractivity contribution in [3.05, 3.63) is 29.6 Å². The van der Waals surface area contributed by atoms with E-state index >= 15 is 0 Å². The Balaban J connectivity index is 1.71. The maximum atomic E-state index is 14.1. The SMILES string of the molecule is Fc1cc(CCl)ccc1N1CCC2(CCCC2)CC1. The first-order valence-corrected chi connectivity index (χ1v) is 7.85. The summed E-state index contributed by atoms with van der Waals surface area (Å²) in [5.74, 6) is 0.251. The molecule has 1 spiro atoms. The van der Waals surface area contributed by atoms with Crippen LogP contribution in [0, 0.1) is 11.2 Å². The molecule has 104 valence electrons. The molecule has 0 atom stereocenters. The zero-order valence-corrected chi connectivity index (χ0v) is 12.1. The highest BCUT2D eigenvalue weighted by Crippen LogP contribution is 2.46. The Labute approximate surface area is 119 Å². The summed E-state index contributed by atoms with van der Waals surface area (Å²) in [6.45, 7) is 1.99. The molecule has 1 aromatic rings. The Bertz CT molecular complexity index is 444. The molecule has 0 bridgehead atoms.